The fraction of sp³-hybridized carbons (Fsp3) is 0.562. The summed E-state index contributed by atoms with van der Waals surface area (Å²) in [5.41, 5.74) is 2.24. The first-order valence-electron chi connectivity index (χ1n) is 15.4. The number of benzene rings is 1. The lowest BCUT2D eigenvalue weighted by molar-refractivity contribution is -0.290. The SMILES string of the molecule is CC(C)c1nc(N(C)S(C)(=O)=O)nc(-c2ccc(F)cc2)c1C=C[C@@H]1C[C@H](CC(=O)O)OC(C)(C)O1.CN[C@@H](C=O)[C@@H](O)[C@H](O)[C@H](O)CO. The highest BCUT2D eigenvalue weighted by Crippen LogP contribution is 2.34. The van der Waals surface area contributed by atoms with Gasteiger partial charge in [-0.1, -0.05) is 26.0 Å². The summed E-state index contributed by atoms with van der Waals surface area (Å²) in [7, 11) is -0.822. The van der Waals surface area contributed by atoms with Gasteiger partial charge in [-0.05, 0) is 51.1 Å². The van der Waals surface area contributed by atoms with Crippen LogP contribution in [0, 0.1) is 5.82 Å². The van der Waals surface area contributed by atoms with Crippen molar-refractivity contribution >= 4 is 34.3 Å². The second kappa shape index (κ2) is 18.0. The summed E-state index contributed by atoms with van der Waals surface area (Å²) in [4.78, 5) is 30.7. The first-order chi connectivity index (χ1) is 22.7. The zero-order chi connectivity index (χ0) is 37.3. The molecule has 6 N–H and O–H groups in total. The van der Waals surface area contributed by atoms with Gasteiger partial charge in [-0.3, -0.25) is 4.79 Å². The number of rotatable bonds is 14. The number of likely N-dealkylation sites (N-methyl/N-ethyl adjacent to an activating group) is 1. The van der Waals surface area contributed by atoms with Gasteiger partial charge >= 0.3 is 5.97 Å². The van der Waals surface area contributed by atoms with Crippen molar-refractivity contribution in [3.8, 4) is 11.3 Å². The van der Waals surface area contributed by atoms with Crippen molar-refractivity contribution in [3.63, 3.8) is 0 Å². The van der Waals surface area contributed by atoms with Crippen LogP contribution in [0.25, 0.3) is 17.3 Å². The number of hydrogen-bond donors (Lipinski definition) is 6. The molecule has 0 spiro atoms. The van der Waals surface area contributed by atoms with Crippen LogP contribution in [0.3, 0.4) is 0 Å². The lowest BCUT2D eigenvalue weighted by Crippen LogP contribution is -2.51. The average Bonchev–Trinajstić information content (AvgIpc) is 3.01. The molecule has 1 fully saturated rings. The third-order valence-electron chi connectivity index (χ3n) is 7.45. The first kappa shape index (κ1) is 41.7. The van der Waals surface area contributed by atoms with Crippen molar-refractivity contribution in [1.29, 1.82) is 0 Å². The molecule has 17 heteroatoms. The fourth-order valence-corrected chi connectivity index (χ4v) is 5.23. The zero-order valence-electron chi connectivity index (χ0n) is 28.5. The molecule has 1 aromatic carbocycles. The minimum absolute atomic E-state index is 0.00245. The molecule has 2 heterocycles. The largest absolute Gasteiger partial charge is 0.481 e. The summed E-state index contributed by atoms with van der Waals surface area (Å²) in [6.45, 7) is 6.63. The standard InChI is InChI=1S/C25H32FN3O6S.C7H15NO5/c1-15(2)22-20(12-11-18-13-19(14-21(30)31)35-25(3,4)34-18)23(16-7-9-17(26)10-8-16)28-24(27-22)29(5)36(6,32)33;1-8-4(2-9)6(12)7(13)5(11)3-10/h7-12,15,18-19H,13-14H2,1-6H3,(H,30,31);2,4-8,10-13H,3H2,1H3/t18-,19-;4-,5+,6+,7+/m10/s1. The number of carboxylic acids is 1. The third-order valence-corrected chi connectivity index (χ3v) is 8.60. The van der Waals surface area contributed by atoms with Crippen LogP contribution in [-0.2, 0) is 29.1 Å². The molecule has 1 saturated heterocycles. The number of aliphatic carboxylic acids is 1. The Labute approximate surface area is 285 Å². The Morgan fingerprint density at radius 2 is 1.76 bits per heavy atom. The number of aromatic nitrogens is 2. The second-order valence-electron chi connectivity index (χ2n) is 12.2. The molecular weight excluding hydrogens is 667 g/mol. The lowest BCUT2D eigenvalue weighted by Gasteiger charge is -2.39. The van der Waals surface area contributed by atoms with Crippen molar-refractivity contribution in [2.75, 3.05) is 31.3 Å². The van der Waals surface area contributed by atoms with E-state index in [-0.39, 0.29) is 18.3 Å². The van der Waals surface area contributed by atoms with Crippen LogP contribution in [-0.4, -0.2) is 125 Å². The molecule has 0 radical (unpaired) electrons. The molecule has 0 saturated carbocycles. The summed E-state index contributed by atoms with van der Waals surface area (Å²) in [5.74, 6) is -2.45. The fourth-order valence-electron chi connectivity index (χ4n) is 4.85. The molecule has 0 bridgehead atoms. The number of aliphatic hydroxyl groups is 4. The number of carboxylic acid groups (broad SMARTS) is 1. The minimum atomic E-state index is -3.63. The first-order valence-corrected chi connectivity index (χ1v) is 17.2. The van der Waals surface area contributed by atoms with Crippen molar-refractivity contribution < 1.29 is 57.4 Å². The maximum atomic E-state index is 13.7. The van der Waals surface area contributed by atoms with E-state index in [4.69, 9.17) is 24.8 Å². The minimum Gasteiger partial charge on any atom is -0.481 e. The van der Waals surface area contributed by atoms with Crippen LogP contribution in [0.15, 0.2) is 30.3 Å². The molecule has 3 rings (SSSR count). The van der Waals surface area contributed by atoms with Crippen molar-refractivity contribution in [1.82, 2.24) is 15.3 Å². The van der Waals surface area contributed by atoms with E-state index in [1.54, 1.807) is 38.1 Å². The molecule has 15 nitrogen and oxygen atoms in total. The van der Waals surface area contributed by atoms with E-state index in [0.29, 0.717) is 35.2 Å². The van der Waals surface area contributed by atoms with Crippen molar-refractivity contribution in [3.05, 3.63) is 47.4 Å². The number of ether oxygens (including phenoxy) is 2. The monoisotopic (exact) mass is 714 g/mol. The number of aldehydes is 1. The van der Waals surface area contributed by atoms with Gasteiger partial charge in [0.1, 0.15) is 30.4 Å². The zero-order valence-corrected chi connectivity index (χ0v) is 29.3. The topological polar surface area (TPSA) is 229 Å². The Bertz CT molecular complexity index is 1540. The second-order valence-corrected chi connectivity index (χ2v) is 14.2. The number of sulfonamides is 1. The van der Waals surface area contributed by atoms with Crippen LogP contribution in [0.4, 0.5) is 10.3 Å². The quantitative estimate of drug-likeness (QED) is 0.150. The molecule has 0 unspecified atom stereocenters. The van der Waals surface area contributed by atoms with E-state index in [9.17, 15) is 32.6 Å². The maximum absolute atomic E-state index is 13.7. The van der Waals surface area contributed by atoms with Gasteiger partial charge in [0.2, 0.25) is 16.0 Å². The van der Waals surface area contributed by atoms with Gasteiger partial charge in [-0.2, -0.15) is 0 Å². The Morgan fingerprint density at radius 3 is 2.24 bits per heavy atom. The summed E-state index contributed by atoms with van der Waals surface area (Å²) in [6.07, 6.45) is -0.147. The normalized spacial score (nSPS) is 20.2. The number of nitrogens with one attached hydrogen (secondary N) is 1. The molecule has 0 aliphatic carbocycles. The Kier molecular flexibility index (Phi) is 15.3. The highest BCUT2D eigenvalue weighted by Gasteiger charge is 2.35. The van der Waals surface area contributed by atoms with Crippen LogP contribution in [0.1, 0.15) is 57.7 Å². The van der Waals surface area contributed by atoms with E-state index in [1.165, 1.54) is 26.2 Å². The smallest absolute Gasteiger partial charge is 0.305 e. The van der Waals surface area contributed by atoms with Gasteiger partial charge in [0.05, 0.1) is 48.9 Å². The van der Waals surface area contributed by atoms with Crippen LogP contribution >= 0.6 is 0 Å². The number of carbonyl (C=O) groups excluding carboxylic acids is 1. The molecular formula is C32H47FN4O11S. The van der Waals surface area contributed by atoms with E-state index in [1.807, 2.05) is 13.8 Å². The van der Waals surface area contributed by atoms with E-state index < -0.39 is 70.8 Å². The maximum Gasteiger partial charge on any atom is 0.305 e. The van der Waals surface area contributed by atoms with Gasteiger partial charge < -0.3 is 45.1 Å². The predicted molar refractivity (Wildman–Crippen MR) is 179 cm³/mol. The van der Waals surface area contributed by atoms with Gasteiger partial charge in [0.15, 0.2) is 5.79 Å². The van der Waals surface area contributed by atoms with Gasteiger partial charge in [0.25, 0.3) is 0 Å². The summed E-state index contributed by atoms with van der Waals surface area (Å²) < 4.78 is 50.8. The molecule has 6 atom stereocenters. The molecule has 1 aromatic heterocycles. The predicted octanol–water partition coefficient (Wildman–Crippen LogP) is 1.05. The Balaban J connectivity index is 0.000000543. The summed E-state index contributed by atoms with van der Waals surface area (Å²) in [6, 6.07) is 4.79. The van der Waals surface area contributed by atoms with Gasteiger partial charge in [-0.15, -0.1) is 0 Å². The number of anilines is 1. The average molecular weight is 715 g/mol. The van der Waals surface area contributed by atoms with E-state index in [0.717, 1.165) is 10.6 Å². The van der Waals surface area contributed by atoms with E-state index >= 15 is 0 Å². The van der Waals surface area contributed by atoms with Crippen LogP contribution in [0.5, 0.6) is 0 Å². The van der Waals surface area contributed by atoms with Crippen molar-refractivity contribution in [2.24, 2.45) is 0 Å². The van der Waals surface area contributed by atoms with Gasteiger partial charge in [-0.25, -0.2) is 27.1 Å². The van der Waals surface area contributed by atoms with Crippen LogP contribution in [0.2, 0.25) is 0 Å². The highest BCUT2D eigenvalue weighted by molar-refractivity contribution is 7.92. The summed E-state index contributed by atoms with van der Waals surface area (Å²) >= 11 is 0. The Hall–Kier alpha value is -3.42. The summed E-state index contributed by atoms with van der Waals surface area (Å²) in [5, 5.41) is 47.5. The molecule has 0 amide bonds. The number of nitrogens with zero attached hydrogens (tertiary/aromatic N) is 3. The molecule has 1 aliphatic rings. The van der Waals surface area contributed by atoms with E-state index in [2.05, 4.69) is 15.3 Å². The number of halogens is 1. The molecule has 49 heavy (non-hydrogen) atoms. The lowest BCUT2D eigenvalue weighted by atomic mass is 9.97. The molecule has 1 aliphatic heterocycles. The molecule has 274 valence electrons. The number of carbonyl (C=O) groups is 2. The number of hydrogen-bond acceptors (Lipinski definition) is 13. The molecule has 2 aromatic rings. The van der Waals surface area contributed by atoms with Crippen molar-refractivity contribution in [2.45, 2.75) is 88.8 Å². The van der Waals surface area contributed by atoms with Crippen LogP contribution < -0.4 is 9.62 Å². The Morgan fingerprint density at radius 1 is 1.14 bits per heavy atom. The highest BCUT2D eigenvalue weighted by atomic mass is 32.2. The number of aliphatic hydroxyl groups excluding tert-OH is 4. The third kappa shape index (κ3) is 12.1. The van der Waals surface area contributed by atoms with Gasteiger partial charge in [0, 0.05) is 24.6 Å².